The molecule has 4 aromatic rings. The van der Waals surface area contributed by atoms with E-state index < -0.39 is 0 Å². The molecule has 6 rings (SSSR count). The normalized spacial score (nSPS) is 13.6. The van der Waals surface area contributed by atoms with Crippen molar-refractivity contribution in [3.63, 3.8) is 0 Å². The summed E-state index contributed by atoms with van der Waals surface area (Å²) in [6.45, 7) is 4.44. The van der Waals surface area contributed by atoms with Crippen molar-refractivity contribution in [3.05, 3.63) is 99.4 Å². The van der Waals surface area contributed by atoms with Crippen LogP contribution in [-0.2, 0) is 19.9 Å². The maximum absolute atomic E-state index is 2.36. The van der Waals surface area contributed by atoms with Crippen LogP contribution in [0.2, 0.25) is 0 Å². The van der Waals surface area contributed by atoms with Crippen LogP contribution in [0.1, 0.15) is 33.5 Å². The molecule has 0 aliphatic heterocycles. The van der Waals surface area contributed by atoms with Gasteiger partial charge in [-0.1, -0.05) is 71.9 Å². The van der Waals surface area contributed by atoms with E-state index in [1.54, 1.807) is 5.20 Å². The standard InChI is InChI=1S/C18H17N.C9H10Si/c1-11-12(2)19(3)18-14(11)8-9-16-15-7-5-4-6-13(15)10-17(16)18;10-9-5-7-3-1-2-4-8(7)6-9/h4-9H,10H2,1-3H3;1-5H,6H2,10H3. The molecular formula is C27H27NSi. The first-order chi connectivity index (χ1) is 14.0. The van der Waals surface area contributed by atoms with E-state index in [1.807, 2.05) is 0 Å². The monoisotopic (exact) mass is 393 g/mol. The summed E-state index contributed by atoms with van der Waals surface area (Å²) in [5.74, 6) is 0. The van der Waals surface area contributed by atoms with Gasteiger partial charge in [0.25, 0.3) is 0 Å². The Morgan fingerprint density at radius 3 is 2.31 bits per heavy atom. The molecule has 1 aromatic heterocycles. The van der Waals surface area contributed by atoms with Crippen LogP contribution in [-0.4, -0.2) is 14.8 Å². The SMILES string of the molecule is Cc1c(C)n(C)c2c3c(ccc12)-c1ccccc1C3.[SiH3]C1=Cc2ccccc2C1. The van der Waals surface area contributed by atoms with Gasteiger partial charge in [-0.05, 0) is 59.2 Å². The van der Waals surface area contributed by atoms with E-state index in [0.717, 1.165) is 6.42 Å². The summed E-state index contributed by atoms with van der Waals surface area (Å²) >= 11 is 0. The van der Waals surface area contributed by atoms with Crippen molar-refractivity contribution in [2.45, 2.75) is 26.7 Å². The smallest absolute Gasteiger partial charge is 0.0524 e. The average Bonchev–Trinajstić information content (AvgIpc) is 3.36. The molecule has 0 bridgehead atoms. The lowest BCUT2D eigenvalue weighted by Gasteiger charge is -2.05. The van der Waals surface area contributed by atoms with Crippen LogP contribution < -0.4 is 0 Å². The zero-order chi connectivity index (χ0) is 20.1. The second-order valence-electron chi connectivity index (χ2n) is 8.46. The van der Waals surface area contributed by atoms with Crippen molar-refractivity contribution in [2.75, 3.05) is 0 Å². The maximum atomic E-state index is 2.36. The third-order valence-corrected chi connectivity index (χ3v) is 7.31. The van der Waals surface area contributed by atoms with Gasteiger partial charge in [-0.2, -0.15) is 0 Å². The first-order valence-electron chi connectivity index (χ1n) is 10.5. The Balaban J connectivity index is 0.000000153. The Morgan fingerprint density at radius 1 is 0.793 bits per heavy atom. The van der Waals surface area contributed by atoms with E-state index in [2.05, 4.69) is 92.2 Å². The van der Waals surface area contributed by atoms with Gasteiger partial charge in [-0.3, -0.25) is 0 Å². The minimum atomic E-state index is 1.07. The number of allylic oxidation sites excluding steroid dienone is 1. The molecule has 0 fully saturated rings. The highest BCUT2D eigenvalue weighted by Gasteiger charge is 2.22. The van der Waals surface area contributed by atoms with Gasteiger partial charge in [0.15, 0.2) is 0 Å². The fraction of sp³-hybridized carbons (Fsp3) is 0.185. The number of fused-ring (bicyclic) bond motifs is 6. The van der Waals surface area contributed by atoms with Gasteiger partial charge in [-0.25, -0.2) is 0 Å². The van der Waals surface area contributed by atoms with E-state index in [4.69, 9.17) is 0 Å². The quantitative estimate of drug-likeness (QED) is 0.314. The van der Waals surface area contributed by atoms with E-state index in [1.165, 1.54) is 72.2 Å². The van der Waals surface area contributed by atoms with Crippen LogP contribution in [0.4, 0.5) is 0 Å². The fourth-order valence-corrected chi connectivity index (χ4v) is 5.64. The van der Waals surface area contributed by atoms with E-state index in [0.29, 0.717) is 0 Å². The Morgan fingerprint density at radius 2 is 1.52 bits per heavy atom. The second kappa shape index (κ2) is 6.89. The number of nitrogens with zero attached hydrogens (tertiary/aromatic N) is 1. The molecule has 2 heteroatoms. The van der Waals surface area contributed by atoms with Crippen molar-refractivity contribution >= 4 is 27.2 Å². The van der Waals surface area contributed by atoms with E-state index in [9.17, 15) is 0 Å². The molecule has 0 amide bonds. The number of benzene rings is 3. The first-order valence-corrected chi connectivity index (χ1v) is 11.5. The first kappa shape index (κ1) is 18.2. The predicted molar refractivity (Wildman–Crippen MR) is 129 cm³/mol. The predicted octanol–water partition coefficient (Wildman–Crippen LogP) is 5.32. The molecule has 0 saturated heterocycles. The molecule has 1 nitrogen and oxygen atoms in total. The lowest BCUT2D eigenvalue weighted by molar-refractivity contribution is 0.905. The van der Waals surface area contributed by atoms with Gasteiger partial charge in [0.1, 0.15) is 0 Å². The molecule has 1 heterocycles. The molecule has 2 aliphatic rings. The molecule has 144 valence electrons. The van der Waals surface area contributed by atoms with Crippen molar-refractivity contribution in [1.82, 2.24) is 4.57 Å². The molecule has 2 aliphatic carbocycles. The Hall–Kier alpha value is -2.84. The molecule has 3 aromatic carbocycles. The van der Waals surface area contributed by atoms with Gasteiger partial charge in [0, 0.05) is 34.8 Å². The molecule has 0 unspecified atom stereocenters. The topological polar surface area (TPSA) is 4.93 Å². The zero-order valence-corrected chi connectivity index (χ0v) is 19.7. The summed E-state index contributed by atoms with van der Waals surface area (Å²) < 4.78 is 2.36. The minimum absolute atomic E-state index is 1.07. The Kier molecular flexibility index (Phi) is 4.33. The molecule has 0 N–H and O–H groups in total. The largest absolute Gasteiger partial charge is 0.347 e. The third kappa shape index (κ3) is 2.90. The molecule has 0 atom stereocenters. The summed E-state index contributed by atoms with van der Waals surface area (Å²) in [4.78, 5) is 0. The Labute approximate surface area is 176 Å². The highest BCUT2D eigenvalue weighted by molar-refractivity contribution is 6.24. The van der Waals surface area contributed by atoms with E-state index in [-0.39, 0.29) is 0 Å². The van der Waals surface area contributed by atoms with Gasteiger partial charge in [-0.15, -0.1) is 0 Å². The summed E-state index contributed by atoms with van der Waals surface area (Å²) in [7, 11) is 3.41. The van der Waals surface area contributed by atoms with Crippen molar-refractivity contribution < 1.29 is 0 Å². The average molecular weight is 394 g/mol. The van der Waals surface area contributed by atoms with Crippen LogP contribution in [0.25, 0.3) is 28.1 Å². The molecule has 29 heavy (non-hydrogen) atoms. The van der Waals surface area contributed by atoms with Crippen molar-refractivity contribution in [3.8, 4) is 11.1 Å². The highest BCUT2D eigenvalue weighted by Crippen LogP contribution is 2.41. The van der Waals surface area contributed by atoms with Crippen molar-refractivity contribution in [2.24, 2.45) is 7.05 Å². The van der Waals surface area contributed by atoms with Gasteiger partial charge >= 0.3 is 0 Å². The number of hydrogen-bond donors (Lipinski definition) is 0. The maximum Gasteiger partial charge on any atom is 0.0524 e. The minimum Gasteiger partial charge on any atom is -0.347 e. The van der Waals surface area contributed by atoms with Crippen LogP contribution in [0.15, 0.2) is 65.9 Å². The number of aryl methyl sites for hydroxylation is 2. The zero-order valence-electron chi connectivity index (χ0n) is 17.7. The van der Waals surface area contributed by atoms with E-state index >= 15 is 0 Å². The summed E-state index contributed by atoms with van der Waals surface area (Å²) in [5, 5.41) is 3.02. The van der Waals surface area contributed by atoms with Crippen molar-refractivity contribution in [1.29, 1.82) is 0 Å². The van der Waals surface area contributed by atoms with Crippen LogP contribution >= 0.6 is 0 Å². The van der Waals surface area contributed by atoms with Crippen LogP contribution in [0.5, 0.6) is 0 Å². The molecule has 0 saturated carbocycles. The summed E-state index contributed by atoms with van der Waals surface area (Å²) in [6, 6.07) is 22.0. The van der Waals surface area contributed by atoms with Crippen LogP contribution in [0, 0.1) is 13.8 Å². The summed E-state index contributed by atoms with van der Waals surface area (Å²) in [6.07, 6.45) is 4.60. The second-order valence-corrected chi connectivity index (χ2v) is 9.74. The number of rotatable bonds is 0. The Bertz CT molecular complexity index is 1290. The fourth-order valence-electron chi connectivity index (χ4n) is 4.95. The van der Waals surface area contributed by atoms with Gasteiger partial charge < -0.3 is 4.57 Å². The lowest BCUT2D eigenvalue weighted by atomic mass is 10.0. The van der Waals surface area contributed by atoms with Crippen LogP contribution in [0.3, 0.4) is 0 Å². The lowest BCUT2D eigenvalue weighted by Crippen LogP contribution is -1.94. The highest BCUT2D eigenvalue weighted by atomic mass is 28.1. The third-order valence-electron chi connectivity index (χ3n) is 6.67. The molecule has 0 radical (unpaired) electrons. The summed E-state index contributed by atoms with van der Waals surface area (Å²) in [5.41, 5.74) is 12.9. The molecule has 0 spiro atoms. The van der Waals surface area contributed by atoms with Gasteiger partial charge in [0.2, 0.25) is 0 Å². The number of hydrogen-bond acceptors (Lipinski definition) is 0. The molecular weight excluding hydrogens is 366 g/mol. The number of aromatic nitrogens is 1. The van der Waals surface area contributed by atoms with Gasteiger partial charge in [0.05, 0.1) is 5.52 Å².